The van der Waals surface area contributed by atoms with Crippen LogP contribution in [0.1, 0.15) is 18.5 Å². The average molecular weight is 234 g/mol. The molecule has 3 N–H and O–H groups in total. The Morgan fingerprint density at radius 3 is 3.00 bits per heavy atom. The van der Waals surface area contributed by atoms with Crippen LogP contribution in [0.5, 0.6) is 0 Å². The van der Waals surface area contributed by atoms with Crippen LogP contribution in [-0.2, 0) is 4.74 Å². The number of hydrogen-bond donors (Lipinski definition) is 2. The molecule has 0 spiro atoms. The second-order valence-corrected chi connectivity index (χ2v) is 4.33. The first-order valence-corrected chi connectivity index (χ1v) is 5.80. The molecule has 0 aliphatic carbocycles. The Hall–Kier alpha value is -1.62. The third kappa shape index (κ3) is 2.94. The van der Waals surface area contributed by atoms with Crippen molar-refractivity contribution in [2.24, 2.45) is 5.73 Å². The van der Waals surface area contributed by atoms with E-state index >= 15 is 0 Å². The molecule has 5 heteroatoms. The summed E-state index contributed by atoms with van der Waals surface area (Å²) in [6, 6.07) is 3.70. The van der Waals surface area contributed by atoms with Gasteiger partial charge in [0.25, 0.3) is 0 Å². The quantitative estimate of drug-likeness (QED) is 0.601. The Labute approximate surface area is 101 Å². The van der Waals surface area contributed by atoms with Gasteiger partial charge in [-0.2, -0.15) is 0 Å². The molecule has 2 heterocycles. The lowest BCUT2D eigenvalue weighted by Crippen LogP contribution is -2.28. The molecule has 0 amide bonds. The summed E-state index contributed by atoms with van der Waals surface area (Å²) < 4.78 is 5.59. The molecule has 1 saturated heterocycles. The molecule has 5 nitrogen and oxygen atoms in total. The lowest BCUT2D eigenvalue weighted by Gasteiger charge is -2.22. The molecular weight excluding hydrogens is 216 g/mol. The molecule has 1 unspecified atom stereocenters. The highest BCUT2D eigenvalue weighted by Crippen LogP contribution is 2.17. The Morgan fingerprint density at radius 1 is 1.65 bits per heavy atom. The largest absolute Gasteiger partial charge is 0.382 e. The zero-order valence-electron chi connectivity index (χ0n) is 10.0. The van der Waals surface area contributed by atoms with Gasteiger partial charge in [0.15, 0.2) is 0 Å². The molecule has 1 fully saturated rings. The lowest BCUT2D eigenvalue weighted by atomic mass is 10.2. The zero-order chi connectivity index (χ0) is 12.3. The predicted molar refractivity (Wildman–Crippen MR) is 67.5 cm³/mol. The summed E-state index contributed by atoms with van der Waals surface area (Å²) in [5.41, 5.74) is 6.89. The number of nitrogen functional groups attached to an aromatic ring is 1. The highest BCUT2D eigenvalue weighted by molar-refractivity contribution is 5.93. The average Bonchev–Trinajstić information content (AvgIpc) is 2.82. The normalized spacial score (nSPS) is 19.2. The van der Waals surface area contributed by atoms with Gasteiger partial charge in [-0.3, -0.25) is 10.4 Å². The van der Waals surface area contributed by atoms with Crippen molar-refractivity contribution in [3.63, 3.8) is 0 Å². The molecular formula is C12H18N4O. The third-order valence-electron chi connectivity index (χ3n) is 2.97. The van der Waals surface area contributed by atoms with E-state index in [4.69, 9.17) is 15.9 Å². The van der Waals surface area contributed by atoms with Gasteiger partial charge in [-0.1, -0.05) is 0 Å². The first-order chi connectivity index (χ1) is 8.16. The summed E-state index contributed by atoms with van der Waals surface area (Å²) in [6.07, 6.45) is 4.35. The van der Waals surface area contributed by atoms with Crippen LogP contribution in [-0.4, -0.2) is 37.1 Å². The molecule has 1 aromatic rings. The van der Waals surface area contributed by atoms with Crippen molar-refractivity contribution in [1.29, 1.82) is 5.41 Å². The second kappa shape index (κ2) is 5.14. The van der Waals surface area contributed by atoms with E-state index in [0.717, 1.165) is 31.7 Å². The summed E-state index contributed by atoms with van der Waals surface area (Å²) in [6.45, 7) is 1.75. The van der Waals surface area contributed by atoms with Crippen molar-refractivity contribution < 1.29 is 4.74 Å². The number of nitrogens with two attached hydrogens (primary N) is 1. The Kier molecular flexibility index (Phi) is 3.58. The smallest absolute Gasteiger partial charge is 0.141 e. The molecule has 0 saturated carbocycles. The minimum Gasteiger partial charge on any atom is -0.382 e. The molecule has 1 aliphatic heterocycles. The van der Waals surface area contributed by atoms with Gasteiger partial charge >= 0.3 is 0 Å². The number of hydrogen-bond acceptors (Lipinski definition) is 4. The van der Waals surface area contributed by atoms with E-state index in [0.29, 0.717) is 11.8 Å². The number of anilines is 1. The van der Waals surface area contributed by atoms with Gasteiger partial charge in [0.2, 0.25) is 0 Å². The van der Waals surface area contributed by atoms with Gasteiger partial charge < -0.3 is 15.4 Å². The van der Waals surface area contributed by atoms with Gasteiger partial charge in [-0.05, 0) is 25.0 Å². The van der Waals surface area contributed by atoms with Crippen LogP contribution in [0.3, 0.4) is 0 Å². The van der Waals surface area contributed by atoms with E-state index in [1.165, 1.54) is 0 Å². The number of likely N-dealkylation sites (N-methyl/N-ethyl adjacent to an activating group) is 1. The first kappa shape index (κ1) is 11.9. The number of pyridine rings is 1. The summed E-state index contributed by atoms with van der Waals surface area (Å²) in [4.78, 5) is 6.26. The highest BCUT2D eigenvalue weighted by atomic mass is 16.5. The van der Waals surface area contributed by atoms with Crippen molar-refractivity contribution in [2.75, 3.05) is 25.1 Å². The maximum atomic E-state index is 7.28. The highest BCUT2D eigenvalue weighted by Gasteiger charge is 2.17. The van der Waals surface area contributed by atoms with E-state index < -0.39 is 0 Å². The van der Waals surface area contributed by atoms with Crippen LogP contribution in [0.2, 0.25) is 0 Å². The van der Waals surface area contributed by atoms with Crippen molar-refractivity contribution in [3.05, 3.63) is 24.0 Å². The fourth-order valence-electron chi connectivity index (χ4n) is 1.97. The van der Waals surface area contributed by atoms with Crippen LogP contribution in [0, 0.1) is 5.41 Å². The van der Waals surface area contributed by atoms with Crippen molar-refractivity contribution in [2.45, 2.75) is 18.9 Å². The number of rotatable bonds is 4. The Bertz CT molecular complexity index is 384. The maximum Gasteiger partial charge on any atom is 0.141 e. The topological polar surface area (TPSA) is 75.2 Å². The molecule has 2 rings (SSSR count). The van der Waals surface area contributed by atoms with E-state index in [9.17, 15) is 0 Å². The molecule has 92 valence electrons. The van der Waals surface area contributed by atoms with Gasteiger partial charge in [-0.25, -0.2) is 0 Å². The van der Waals surface area contributed by atoms with Gasteiger partial charge in [0.05, 0.1) is 18.0 Å². The van der Waals surface area contributed by atoms with E-state index in [2.05, 4.69) is 9.88 Å². The third-order valence-corrected chi connectivity index (χ3v) is 2.97. The summed E-state index contributed by atoms with van der Waals surface area (Å²) in [7, 11) is 2.02. The zero-order valence-corrected chi connectivity index (χ0v) is 10.0. The van der Waals surface area contributed by atoms with E-state index in [1.54, 1.807) is 12.3 Å². The number of aromatic nitrogens is 1. The SMILES string of the molecule is CN(CC1CCCO1)c1ccc(C(=N)N)nc1. The Balaban J connectivity index is 1.98. The van der Waals surface area contributed by atoms with Gasteiger partial charge in [0.1, 0.15) is 11.5 Å². The summed E-state index contributed by atoms with van der Waals surface area (Å²) in [5.74, 6) is -0.00155. The van der Waals surface area contributed by atoms with E-state index in [-0.39, 0.29) is 5.84 Å². The maximum absolute atomic E-state index is 7.28. The van der Waals surface area contributed by atoms with Crippen molar-refractivity contribution in [1.82, 2.24) is 4.98 Å². The standard InChI is InChI=1S/C12H18N4O/c1-16(8-10-3-2-6-17-10)9-4-5-11(12(13)14)15-7-9/h4-5,7,10H,2-3,6,8H2,1H3,(H3,13,14). The molecule has 1 aliphatic rings. The van der Waals surface area contributed by atoms with Crippen LogP contribution >= 0.6 is 0 Å². The van der Waals surface area contributed by atoms with Crippen molar-refractivity contribution >= 4 is 11.5 Å². The first-order valence-electron chi connectivity index (χ1n) is 5.80. The van der Waals surface area contributed by atoms with Crippen LogP contribution in [0.4, 0.5) is 5.69 Å². The van der Waals surface area contributed by atoms with E-state index in [1.807, 2.05) is 13.1 Å². The summed E-state index contributed by atoms with van der Waals surface area (Å²) in [5, 5.41) is 7.28. The number of nitrogens with zero attached hydrogens (tertiary/aromatic N) is 2. The fourth-order valence-corrected chi connectivity index (χ4v) is 1.97. The lowest BCUT2D eigenvalue weighted by molar-refractivity contribution is 0.116. The second-order valence-electron chi connectivity index (χ2n) is 4.33. The van der Waals surface area contributed by atoms with Gasteiger partial charge in [-0.15, -0.1) is 0 Å². The number of amidine groups is 1. The molecule has 1 aromatic heterocycles. The molecule has 0 radical (unpaired) electrons. The Morgan fingerprint density at radius 2 is 2.47 bits per heavy atom. The van der Waals surface area contributed by atoms with Crippen LogP contribution < -0.4 is 10.6 Å². The molecule has 0 bridgehead atoms. The monoisotopic (exact) mass is 234 g/mol. The molecule has 17 heavy (non-hydrogen) atoms. The minimum absolute atomic E-state index is 0.00155. The van der Waals surface area contributed by atoms with Crippen LogP contribution in [0.15, 0.2) is 18.3 Å². The number of nitrogens with one attached hydrogen (secondary N) is 1. The predicted octanol–water partition coefficient (Wildman–Crippen LogP) is 0.981. The van der Waals surface area contributed by atoms with Crippen molar-refractivity contribution in [3.8, 4) is 0 Å². The number of ether oxygens (including phenoxy) is 1. The van der Waals surface area contributed by atoms with Gasteiger partial charge in [0, 0.05) is 20.2 Å². The summed E-state index contributed by atoms with van der Waals surface area (Å²) >= 11 is 0. The van der Waals surface area contributed by atoms with Crippen LogP contribution in [0.25, 0.3) is 0 Å². The molecule has 1 atom stereocenters. The fraction of sp³-hybridized carbons (Fsp3) is 0.500. The minimum atomic E-state index is -0.00155. The molecule has 0 aromatic carbocycles.